The Morgan fingerprint density at radius 3 is 2.55 bits per heavy atom. The molecule has 0 aromatic heterocycles. The van der Waals surface area contributed by atoms with Crippen LogP contribution in [0.1, 0.15) is 19.8 Å². The van der Waals surface area contributed by atoms with Crippen molar-refractivity contribution in [1.82, 2.24) is 5.32 Å². The molecule has 0 radical (unpaired) electrons. The maximum absolute atomic E-state index is 10.1. The summed E-state index contributed by atoms with van der Waals surface area (Å²) in [6.07, 6.45) is 0.461. The molecule has 64 valence electrons. The smallest absolute Gasteiger partial charge is 0.404 e. The lowest BCUT2D eigenvalue weighted by molar-refractivity contribution is 0.108. The second-order valence-electron chi connectivity index (χ2n) is 3.07. The second-order valence-corrected chi connectivity index (χ2v) is 3.07. The van der Waals surface area contributed by atoms with Crippen LogP contribution in [0.25, 0.3) is 0 Å². The van der Waals surface area contributed by atoms with E-state index >= 15 is 0 Å². The maximum Gasteiger partial charge on any atom is 0.404 e. The van der Waals surface area contributed by atoms with Crippen molar-refractivity contribution in [2.75, 3.05) is 0 Å². The molecule has 0 spiro atoms. The van der Waals surface area contributed by atoms with Crippen LogP contribution in [0.3, 0.4) is 0 Å². The van der Waals surface area contributed by atoms with E-state index in [1.54, 1.807) is 6.92 Å². The third kappa shape index (κ3) is 2.38. The van der Waals surface area contributed by atoms with Crippen LogP contribution >= 0.6 is 0 Å². The second kappa shape index (κ2) is 3.09. The quantitative estimate of drug-likeness (QED) is 0.558. The van der Waals surface area contributed by atoms with Gasteiger partial charge in [0.05, 0.1) is 12.1 Å². The van der Waals surface area contributed by atoms with Crippen molar-refractivity contribution in [3.8, 4) is 0 Å². The molecule has 2 atom stereocenters. The van der Waals surface area contributed by atoms with E-state index in [1.807, 2.05) is 0 Å². The van der Waals surface area contributed by atoms with E-state index in [-0.39, 0.29) is 6.04 Å². The predicted octanol–water partition coefficient (Wildman–Crippen LogP) is 0.413. The molecule has 4 heteroatoms. The zero-order chi connectivity index (χ0) is 8.43. The highest BCUT2D eigenvalue weighted by molar-refractivity contribution is 5.64. The van der Waals surface area contributed by atoms with Gasteiger partial charge in [-0.25, -0.2) is 4.79 Å². The molecular formula is C7H13NO3. The lowest BCUT2D eigenvalue weighted by Gasteiger charge is -2.17. The van der Waals surface area contributed by atoms with Crippen LogP contribution in [0, 0.1) is 5.92 Å². The van der Waals surface area contributed by atoms with Gasteiger partial charge in [0.15, 0.2) is 0 Å². The van der Waals surface area contributed by atoms with E-state index < -0.39 is 12.2 Å². The number of rotatable bonds is 3. The molecule has 4 nitrogen and oxygen atoms in total. The summed E-state index contributed by atoms with van der Waals surface area (Å²) in [5.41, 5.74) is 0. The molecule has 1 rings (SSSR count). The maximum atomic E-state index is 10.1. The Morgan fingerprint density at radius 1 is 1.64 bits per heavy atom. The largest absolute Gasteiger partial charge is 0.465 e. The molecule has 1 amide bonds. The van der Waals surface area contributed by atoms with Crippen LogP contribution in [0.2, 0.25) is 0 Å². The minimum absolute atomic E-state index is 0.317. The number of carbonyl (C=O) groups is 1. The number of amides is 1. The molecule has 11 heavy (non-hydrogen) atoms. The SMILES string of the molecule is C[C@H](NC(=O)O)[C@@H](O)C1CC1. The van der Waals surface area contributed by atoms with Crippen molar-refractivity contribution in [3.63, 3.8) is 0 Å². The molecule has 0 heterocycles. The molecule has 0 aromatic carbocycles. The van der Waals surface area contributed by atoms with Crippen molar-refractivity contribution in [2.24, 2.45) is 5.92 Å². The van der Waals surface area contributed by atoms with Gasteiger partial charge in [0, 0.05) is 0 Å². The molecular weight excluding hydrogens is 146 g/mol. The summed E-state index contributed by atoms with van der Waals surface area (Å²) in [7, 11) is 0. The Labute approximate surface area is 65.2 Å². The van der Waals surface area contributed by atoms with Gasteiger partial charge in [0.2, 0.25) is 0 Å². The molecule has 0 unspecified atom stereocenters. The monoisotopic (exact) mass is 159 g/mol. The molecule has 1 aliphatic rings. The minimum atomic E-state index is -1.07. The van der Waals surface area contributed by atoms with Crippen molar-refractivity contribution >= 4 is 6.09 Å². The van der Waals surface area contributed by atoms with Crippen molar-refractivity contribution in [3.05, 3.63) is 0 Å². The molecule has 3 N–H and O–H groups in total. The van der Waals surface area contributed by atoms with Gasteiger partial charge in [-0.1, -0.05) is 0 Å². The fourth-order valence-electron chi connectivity index (χ4n) is 1.13. The minimum Gasteiger partial charge on any atom is -0.465 e. The summed E-state index contributed by atoms with van der Waals surface area (Å²) < 4.78 is 0. The summed E-state index contributed by atoms with van der Waals surface area (Å²) in [4.78, 5) is 10.1. The number of aliphatic hydroxyl groups excluding tert-OH is 1. The third-order valence-corrected chi connectivity index (χ3v) is 1.97. The zero-order valence-electron chi connectivity index (χ0n) is 6.45. The van der Waals surface area contributed by atoms with Gasteiger partial charge in [-0.2, -0.15) is 0 Å². The van der Waals surface area contributed by atoms with Crippen LogP contribution in [0.5, 0.6) is 0 Å². The molecule has 1 saturated carbocycles. The van der Waals surface area contributed by atoms with Gasteiger partial charge in [0.25, 0.3) is 0 Å². The molecule has 1 fully saturated rings. The molecule has 0 bridgehead atoms. The zero-order valence-corrected chi connectivity index (χ0v) is 6.45. The fraction of sp³-hybridized carbons (Fsp3) is 0.857. The van der Waals surface area contributed by atoms with Gasteiger partial charge in [0.1, 0.15) is 0 Å². The van der Waals surface area contributed by atoms with Gasteiger partial charge >= 0.3 is 6.09 Å². The average molecular weight is 159 g/mol. The normalized spacial score (nSPS) is 22.4. The Kier molecular flexibility index (Phi) is 2.34. The molecule has 0 aliphatic heterocycles. The Morgan fingerprint density at radius 2 is 2.18 bits per heavy atom. The van der Waals surface area contributed by atoms with E-state index in [9.17, 15) is 9.90 Å². The van der Waals surface area contributed by atoms with E-state index in [0.717, 1.165) is 12.8 Å². The highest BCUT2D eigenvalue weighted by Crippen LogP contribution is 2.33. The Bertz CT molecular complexity index is 156. The van der Waals surface area contributed by atoms with Crippen LogP contribution in [0.4, 0.5) is 4.79 Å². The standard InChI is InChI=1S/C7H13NO3/c1-4(8-7(10)11)6(9)5-2-3-5/h4-6,8-9H,2-3H2,1H3,(H,10,11)/t4-,6+/m0/s1. The molecule has 1 aliphatic carbocycles. The number of aliphatic hydroxyl groups is 1. The number of carboxylic acid groups (broad SMARTS) is 1. The van der Waals surface area contributed by atoms with Gasteiger partial charge in [-0.05, 0) is 25.7 Å². The predicted molar refractivity (Wildman–Crippen MR) is 39.4 cm³/mol. The first-order chi connectivity index (χ1) is 5.11. The Balaban J connectivity index is 2.26. The Hall–Kier alpha value is -0.770. The van der Waals surface area contributed by atoms with Crippen LogP contribution in [-0.4, -0.2) is 28.5 Å². The summed E-state index contributed by atoms with van der Waals surface area (Å²) >= 11 is 0. The van der Waals surface area contributed by atoms with E-state index in [1.165, 1.54) is 0 Å². The first-order valence-electron chi connectivity index (χ1n) is 3.79. The van der Waals surface area contributed by atoms with E-state index in [4.69, 9.17) is 5.11 Å². The fourth-order valence-corrected chi connectivity index (χ4v) is 1.13. The number of hydrogen-bond donors (Lipinski definition) is 3. The number of hydrogen-bond acceptors (Lipinski definition) is 2. The number of nitrogens with one attached hydrogen (secondary N) is 1. The molecule has 0 aromatic rings. The lowest BCUT2D eigenvalue weighted by atomic mass is 10.1. The first kappa shape index (κ1) is 8.33. The highest BCUT2D eigenvalue weighted by Gasteiger charge is 2.33. The van der Waals surface area contributed by atoms with Gasteiger partial charge in [-0.3, -0.25) is 0 Å². The third-order valence-electron chi connectivity index (χ3n) is 1.97. The summed E-state index contributed by atoms with van der Waals surface area (Å²) in [5.74, 6) is 0.317. The van der Waals surface area contributed by atoms with Gasteiger partial charge < -0.3 is 15.5 Å². The summed E-state index contributed by atoms with van der Waals surface area (Å²) in [6, 6.07) is -0.347. The average Bonchev–Trinajstić information content (AvgIpc) is 2.65. The topological polar surface area (TPSA) is 69.6 Å². The van der Waals surface area contributed by atoms with Crippen LogP contribution in [-0.2, 0) is 0 Å². The van der Waals surface area contributed by atoms with E-state index in [2.05, 4.69) is 5.32 Å². The van der Waals surface area contributed by atoms with Crippen LogP contribution < -0.4 is 5.32 Å². The van der Waals surface area contributed by atoms with Gasteiger partial charge in [-0.15, -0.1) is 0 Å². The lowest BCUT2D eigenvalue weighted by Crippen LogP contribution is -2.41. The first-order valence-corrected chi connectivity index (χ1v) is 3.79. The van der Waals surface area contributed by atoms with Crippen molar-refractivity contribution in [2.45, 2.75) is 31.9 Å². The molecule has 0 saturated heterocycles. The summed E-state index contributed by atoms with van der Waals surface area (Å²) in [5, 5.41) is 19.9. The van der Waals surface area contributed by atoms with E-state index in [0.29, 0.717) is 5.92 Å². The van der Waals surface area contributed by atoms with Crippen molar-refractivity contribution in [1.29, 1.82) is 0 Å². The van der Waals surface area contributed by atoms with Crippen LogP contribution in [0.15, 0.2) is 0 Å². The highest BCUT2D eigenvalue weighted by atomic mass is 16.4. The summed E-state index contributed by atoms with van der Waals surface area (Å²) in [6.45, 7) is 1.68. The van der Waals surface area contributed by atoms with Crippen molar-refractivity contribution < 1.29 is 15.0 Å².